The van der Waals surface area contributed by atoms with E-state index < -0.39 is 23.6 Å². The molecule has 1 fully saturated rings. The van der Waals surface area contributed by atoms with E-state index in [-0.39, 0.29) is 5.92 Å². The van der Waals surface area contributed by atoms with Crippen LogP contribution in [0.4, 0.5) is 13.2 Å². The quantitative estimate of drug-likeness (QED) is 0.366. The molecule has 1 nitrogen and oxygen atoms in total. The fourth-order valence-corrected chi connectivity index (χ4v) is 4.29. The second-order valence-electron chi connectivity index (χ2n) is 8.43. The average molecular weight is 429 g/mol. The predicted octanol–water partition coefficient (Wildman–Crippen LogP) is 8.23. The van der Waals surface area contributed by atoms with E-state index in [1.807, 2.05) is 24.3 Å². The van der Waals surface area contributed by atoms with Gasteiger partial charge in [0, 0.05) is 0 Å². The molecule has 1 unspecified atom stereocenters. The van der Waals surface area contributed by atoms with Crippen molar-refractivity contribution in [2.75, 3.05) is 0 Å². The number of rotatable bonds is 9. The molecule has 2 aromatic rings. The van der Waals surface area contributed by atoms with Gasteiger partial charge in [-0.15, -0.1) is 13.2 Å². The highest BCUT2D eigenvalue weighted by molar-refractivity contribution is 5.30. The monoisotopic (exact) mass is 428 g/mol. The lowest BCUT2D eigenvalue weighted by Crippen LogP contribution is -2.22. The molecule has 0 radical (unpaired) electrons. The fourth-order valence-electron chi connectivity index (χ4n) is 4.29. The van der Waals surface area contributed by atoms with E-state index >= 15 is 0 Å². The molecule has 0 saturated heterocycles. The van der Waals surface area contributed by atoms with Crippen LogP contribution in [0, 0.1) is 11.7 Å². The summed E-state index contributed by atoms with van der Waals surface area (Å²) >= 11 is 0. The molecule has 2 aromatic carbocycles. The number of benzene rings is 2. The second-order valence-corrected chi connectivity index (χ2v) is 8.43. The fraction of sp³-hybridized carbons (Fsp3) is 0.407. The molecule has 166 valence electrons. The number of hydrogen-bond donors (Lipinski definition) is 0. The molecule has 1 aliphatic rings. The minimum Gasteiger partial charge on any atom is -0.309 e. The predicted molar refractivity (Wildman–Crippen MR) is 120 cm³/mol. The van der Waals surface area contributed by atoms with Crippen LogP contribution in [0.25, 0.3) is 0 Å². The first-order valence-corrected chi connectivity index (χ1v) is 11.0. The maximum atomic E-state index is 14.8. The minimum absolute atomic E-state index is 0.202. The van der Waals surface area contributed by atoms with Gasteiger partial charge in [-0.3, -0.25) is 0 Å². The van der Waals surface area contributed by atoms with Crippen LogP contribution in [0.3, 0.4) is 0 Å². The van der Waals surface area contributed by atoms with Gasteiger partial charge in [0.25, 0.3) is 0 Å². The summed E-state index contributed by atoms with van der Waals surface area (Å²) in [7, 11) is 0. The molecule has 1 aliphatic carbocycles. The molecule has 0 N–H and O–H groups in total. The van der Waals surface area contributed by atoms with E-state index in [0.717, 1.165) is 49.7 Å². The summed E-state index contributed by atoms with van der Waals surface area (Å²) in [4.78, 5) is 0. The number of halogens is 3. The van der Waals surface area contributed by atoms with Gasteiger partial charge < -0.3 is 4.74 Å². The van der Waals surface area contributed by atoms with E-state index in [1.54, 1.807) is 25.1 Å². The average Bonchev–Trinajstić information content (AvgIpc) is 2.77. The zero-order valence-corrected chi connectivity index (χ0v) is 18.1. The van der Waals surface area contributed by atoms with Crippen LogP contribution in [0.15, 0.2) is 67.8 Å². The Hall–Kier alpha value is -2.33. The summed E-state index contributed by atoms with van der Waals surface area (Å²) in [6, 6.07) is 11.4. The lowest BCUT2D eigenvalue weighted by atomic mass is 9.78. The van der Waals surface area contributed by atoms with Gasteiger partial charge in [-0.2, -0.15) is 8.78 Å². The maximum Gasteiger partial charge on any atom is 0.386 e. The molecule has 1 saturated carbocycles. The van der Waals surface area contributed by atoms with Crippen LogP contribution in [-0.4, -0.2) is 0 Å². The topological polar surface area (TPSA) is 9.23 Å². The van der Waals surface area contributed by atoms with Crippen molar-refractivity contribution in [1.29, 1.82) is 0 Å². The van der Waals surface area contributed by atoms with Crippen molar-refractivity contribution in [3.05, 3.63) is 95.8 Å². The molecule has 0 heterocycles. The largest absolute Gasteiger partial charge is 0.386 e. The normalized spacial score (nSPS) is 20.3. The van der Waals surface area contributed by atoms with Crippen molar-refractivity contribution >= 4 is 0 Å². The van der Waals surface area contributed by atoms with Crippen molar-refractivity contribution in [2.24, 2.45) is 5.92 Å². The SMILES string of the molecule is C=CCCc1ccc(C(C)OC(F)(F)c2ccc(C3CCC(C=C)CC3)cc2F)cc1. The number of alkyl halides is 2. The van der Waals surface area contributed by atoms with Gasteiger partial charge in [-0.25, -0.2) is 4.39 Å². The Bertz CT molecular complexity index is 880. The first-order valence-electron chi connectivity index (χ1n) is 11.0. The van der Waals surface area contributed by atoms with Crippen molar-refractivity contribution in [3.63, 3.8) is 0 Å². The van der Waals surface area contributed by atoms with E-state index in [0.29, 0.717) is 11.5 Å². The first-order chi connectivity index (χ1) is 14.8. The zero-order valence-electron chi connectivity index (χ0n) is 18.1. The molecule has 4 heteroatoms. The summed E-state index contributed by atoms with van der Waals surface area (Å²) < 4.78 is 49.3. The molecule has 31 heavy (non-hydrogen) atoms. The molecule has 0 aliphatic heterocycles. The Morgan fingerprint density at radius 3 is 2.32 bits per heavy atom. The molecular weight excluding hydrogens is 397 g/mol. The molecule has 1 atom stereocenters. The van der Waals surface area contributed by atoms with Crippen LogP contribution in [-0.2, 0) is 17.3 Å². The molecule has 0 amide bonds. The Balaban J connectivity index is 1.68. The van der Waals surface area contributed by atoms with Gasteiger partial charge in [0.05, 0.1) is 11.7 Å². The number of aryl methyl sites for hydroxylation is 1. The van der Waals surface area contributed by atoms with E-state index in [1.165, 1.54) is 12.1 Å². The molecular formula is C27H31F3O. The lowest BCUT2D eigenvalue weighted by Gasteiger charge is -2.28. The summed E-state index contributed by atoms with van der Waals surface area (Å²) in [6.45, 7) is 9.09. The smallest absolute Gasteiger partial charge is 0.309 e. The lowest BCUT2D eigenvalue weighted by molar-refractivity contribution is -0.273. The van der Waals surface area contributed by atoms with Crippen molar-refractivity contribution in [2.45, 2.75) is 63.6 Å². The molecule has 3 rings (SSSR count). The van der Waals surface area contributed by atoms with Gasteiger partial charge in [-0.1, -0.05) is 42.5 Å². The standard InChI is InChI=1S/C27H31F3O/c1-4-6-7-21-10-12-22(13-11-21)19(3)31-27(29,30)25-17-16-24(18-26(25)28)23-14-8-20(5-2)9-15-23/h4-5,10-13,16-20,23H,1-2,6-9,14-15H2,3H3. The third-order valence-corrected chi connectivity index (χ3v) is 6.29. The summed E-state index contributed by atoms with van der Waals surface area (Å²) in [5, 5.41) is 0. The van der Waals surface area contributed by atoms with Crippen LogP contribution in [0.2, 0.25) is 0 Å². The van der Waals surface area contributed by atoms with Crippen LogP contribution >= 0.6 is 0 Å². The number of allylic oxidation sites excluding steroid dienone is 2. The molecule has 0 spiro atoms. The van der Waals surface area contributed by atoms with E-state index in [9.17, 15) is 13.2 Å². The Labute approximate surface area is 183 Å². The molecule has 0 bridgehead atoms. The van der Waals surface area contributed by atoms with E-state index in [2.05, 4.69) is 13.2 Å². The zero-order chi connectivity index (χ0) is 22.4. The van der Waals surface area contributed by atoms with Gasteiger partial charge in [0.1, 0.15) is 5.82 Å². The van der Waals surface area contributed by atoms with Crippen LogP contribution in [0.1, 0.15) is 73.3 Å². The minimum atomic E-state index is -3.72. The Morgan fingerprint density at radius 1 is 1.06 bits per heavy atom. The Morgan fingerprint density at radius 2 is 1.74 bits per heavy atom. The highest BCUT2D eigenvalue weighted by Crippen LogP contribution is 2.40. The van der Waals surface area contributed by atoms with Gasteiger partial charge >= 0.3 is 6.11 Å². The highest BCUT2D eigenvalue weighted by atomic mass is 19.3. The first kappa shape index (κ1) is 23.3. The van der Waals surface area contributed by atoms with Crippen LogP contribution < -0.4 is 0 Å². The van der Waals surface area contributed by atoms with Crippen molar-refractivity contribution in [3.8, 4) is 0 Å². The number of hydrogen-bond acceptors (Lipinski definition) is 1. The summed E-state index contributed by atoms with van der Waals surface area (Å²) in [5.41, 5.74) is 1.79. The second kappa shape index (κ2) is 10.3. The Kier molecular flexibility index (Phi) is 7.77. The van der Waals surface area contributed by atoms with Crippen LogP contribution in [0.5, 0.6) is 0 Å². The van der Waals surface area contributed by atoms with Crippen molar-refractivity contribution < 1.29 is 17.9 Å². The summed E-state index contributed by atoms with van der Waals surface area (Å²) in [5.74, 6) is -0.219. The summed E-state index contributed by atoms with van der Waals surface area (Å²) in [6.07, 6.45) is 4.75. The van der Waals surface area contributed by atoms with E-state index in [4.69, 9.17) is 4.74 Å². The number of ether oxygens (including phenoxy) is 1. The van der Waals surface area contributed by atoms with Crippen molar-refractivity contribution in [1.82, 2.24) is 0 Å². The third kappa shape index (κ3) is 5.88. The molecule has 0 aromatic heterocycles. The third-order valence-electron chi connectivity index (χ3n) is 6.29. The van der Waals surface area contributed by atoms with Gasteiger partial charge in [-0.05, 0) is 86.1 Å². The highest BCUT2D eigenvalue weighted by Gasteiger charge is 2.38. The maximum absolute atomic E-state index is 14.8. The van der Waals surface area contributed by atoms with Gasteiger partial charge in [0.2, 0.25) is 0 Å². The van der Waals surface area contributed by atoms with Gasteiger partial charge in [0.15, 0.2) is 0 Å².